The van der Waals surface area contributed by atoms with Gasteiger partial charge in [-0.25, -0.2) is 13.1 Å². The summed E-state index contributed by atoms with van der Waals surface area (Å²) in [6.45, 7) is 6.57. The van der Waals surface area contributed by atoms with Gasteiger partial charge in [-0.05, 0) is 92.0 Å². The number of alkyl halides is 1. The van der Waals surface area contributed by atoms with Crippen LogP contribution in [-0.4, -0.2) is 114 Å². The molecule has 0 aromatic heterocycles. The number of amides is 1. The maximum absolute atomic E-state index is 13.8. The van der Waals surface area contributed by atoms with Crippen LogP contribution in [0.2, 0.25) is 0 Å². The molecule has 4 aromatic carbocycles. The van der Waals surface area contributed by atoms with Crippen molar-refractivity contribution in [3.8, 4) is 11.5 Å². The molecule has 16 heteroatoms. The number of benzene rings is 4. The number of nitrogens with one attached hydrogen (secondary N) is 2. The predicted octanol–water partition coefficient (Wildman–Crippen LogP) is 7.39. The molecule has 0 bridgehead atoms. The van der Waals surface area contributed by atoms with Gasteiger partial charge in [-0.15, -0.1) is 0 Å². The third-order valence-corrected chi connectivity index (χ3v) is 13.0. The molecule has 2 N–H and O–H groups in total. The van der Waals surface area contributed by atoms with Crippen molar-refractivity contribution in [1.29, 1.82) is 0 Å². The van der Waals surface area contributed by atoms with Gasteiger partial charge in [0, 0.05) is 83.3 Å². The first kappa shape index (κ1) is 44.8. The molecule has 1 atom stereocenters. The lowest BCUT2D eigenvalue weighted by molar-refractivity contribution is -0.384. The standard InChI is InChI=1S/C46H53ClN6O8S/c1-50(2)25-28-60-46(47)20-17-40(35-9-5-3-6-10-35)36(31-46)33-51-21-23-52(24-22-51)37-13-15-41(44(29-37)61-38-11-7-4-8-12-38)45(54)49-62(57,58)39-14-16-42(43(30-39)53(55)56)48-32-34-18-26-59-27-19-34/h3-17,20,29-30,34,48H,18-19,21-28,31-33H2,1-2H3,(H,49,54). The highest BCUT2D eigenvalue weighted by Gasteiger charge is 2.33. The van der Waals surface area contributed by atoms with Crippen LogP contribution in [0.5, 0.6) is 11.5 Å². The number of hydrogen-bond donors (Lipinski definition) is 2. The molecule has 62 heavy (non-hydrogen) atoms. The number of para-hydroxylation sites is 1. The van der Waals surface area contributed by atoms with Crippen LogP contribution in [0.4, 0.5) is 17.1 Å². The summed E-state index contributed by atoms with van der Waals surface area (Å²) in [5.41, 5.74) is 4.03. The van der Waals surface area contributed by atoms with Crippen molar-refractivity contribution in [2.24, 2.45) is 5.92 Å². The Morgan fingerprint density at radius 2 is 1.68 bits per heavy atom. The monoisotopic (exact) mass is 884 g/mol. The Kier molecular flexibility index (Phi) is 14.6. The average molecular weight is 885 g/mol. The molecule has 2 heterocycles. The fourth-order valence-electron chi connectivity index (χ4n) is 7.78. The van der Waals surface area contributed by atoms with Crippen LogP contribution in [0.1, 0.15) is 35.2 Å². The summed E-state index contributed by atoms with van der Waals surface area (Å²) < 4.78 is 47.2. The van der Waals surface area contributed by atoms with Crippen LogP contribution >= 0.6 is 11.6 Å². The second kappa shape index (κ2) is 20.3. The lowest BCUT2D eigenvalue weighted by Gasteiger charge is -2.38. The second-order valence-corrected chi connectivity index (χ2v) is 18.3. The van der Waals surface area contributed by atoms with Gasteiger partial charge in [0.05, 0.1) is 22.0 Å². The molecule has 0 radical (unpaired) electrons. The van der Waals surface area contributed by atoms with E-state index in [0.29, 0.717) is 58.2 Å². The number of likely N-dealkylation sites (N-methyl/N-ethyl adjacent to an activating group) is 1. The highest BCUT2D eigenvalue weighted by Crippen LogP contribution is 2.38. The van der Waals surface area contributed by atoms with Crippen LogP contribution in [-0.2, 0) is 19.5 Å². The molecular formula is C46H53ClN6O8S. The van der Waals surface area contributed by atoms with E-state index in [2.05, 4.69) is 42.9 Å². The lowest BCUT2D eigenvalue weighted by Crippen LogP contribution is -2.47. The number of anilines is 2. The van der Waals surface area contributed by atoms with Crippen LogP contribution in [0.25, 0.3) is 5.57 Å². The number of allylic oxidation sites excluding steroid dienone is 2. The molecule has 0 saturated carbocycles. The van der Waals surface area contributed by atoms with Gasteiger partial charge in [0.2, 0.25) is 0 Å². The van der Waals surface area contributed by atoms with E-state index in [0.717, 1.165) is 55.4 Å². The number of carbonyl (C=O) groups is 1. The molecule has 2 saturated heterocycles. The number of rotatable bonds is 17. The topological polar surface area (TPSA) is 156 Å². The number of nitrogens with zero attached hydrogens (tertiary/aromatic N) is 4. The number of carbonyl (C=O) groups excluding carboxylic acids is 1. The largest absolute Gasteiger partial charge is 0.456 e. The Labute approximate surface area is 368 Å². The third kappa shape index (κ3) is 11.6. The number of piperazine rings is 1. The van der Waals surface area contributed by atoms with E-state index in [1.54, 1.807) is 36.4 Å². The summed E-state index contributed by atoms with van der Waals surface area (Å²) in [7, 11) is -0.533. The molecule has 2 fully saturated rings. The quantitative estimate of drug-likeness (QED) is 0.0617. The summed E-state index contributed by atoms with van der Waals surface area (Å²) >= 11 is 7.07. The molecule has 1 amide bonds. The van der Waals surface area contributed by atoms with Crippen LogP contribution < -0.4 is 19.7 Å². The number of ether oxygens (including phenoxy) is 3. The molecule has 0 spiro atoms. The van der Waals surface area contributed by atoms with Crippen molar-refractivity contribution >= 4 is 50.2 Å². The van der Waals surface area contributed by atoms with Crippen LogP contribution in [0.3, 0.4) is 0 Å². The minimum atomic E-state index is -4.54. The Bertz CT molecular complexity index is 2370. The van der Waals surface area contributed by atoms with Gasteiger partial charge in [-0.2, -0.15) is 0 Å². The first-order chi connectivity index (χ1) is 29.9. The highest BCUT2D eigenvalue weighted by molar-refractivity contribution is 7.90. The minimum Gasteiger partial charge on any atom is -0.456 e. The fourth-order valence-corrected chi connectivity index (χ4v) is 9.06. The van der Waals surface area contributed by atoms with E-state index >= 15 is 0 Å². The van der Waals surface area contributed by atoms with Crippen molar-refractivity contribution < 1.29 is 32.3 Å². The molecule has 3 aliphatic rings. The second-order valence-electron chi connectivity index (χ2n) is 16.0. The SMILES string of the molecule is CN(C)CCOC1(Cl)C=CC(c2ccccc2)=C(CN2CCN(c3ccc(C(=O)NS(=O)(=O)c4ccc(NCC5CCOCC5)c([N+](=O)[O-])c4)c(Oc4ccccc4)c3)CC2)C1. The summed E-state index contributed by atoms with van der Waals surface area (Å²) in [5.74, 6) is -0.0589. The highest BCUT2D eigenvalue weighted by atomic mass is 35.5. The van der Waals surface area contributed by atoms with Crippen molar-refractivity contribution in [3.05, 3.63) is 136 Å². The smallest absolute Gasteiger partial charge is 0.293 e. The van der Waals surface area contributed by atoms with Gasteiger partial charge in [0.25, 0.3) is 21.6 Å². The maximum atomic E-state index is 13.8. The molecule has 4 aromatic rings. The first-order valence-electron chi connectivity index (χ1n) is 20.8. The number of nitro groups is 1. The Morgan fingerprint density at radius 1 is 0.968 bits per heavy atom. The number of halogens is 1. The van der Waals surface area contributed by atoms with Gasteiger partial charge < -0.3 is 29.3 Å². The van der Waals surface area contributed by atoms with Gasteiger partial charge in [0.1, 0.15) is 17.2 Å². The van der Waals surface area contributed by atoms with E-state index in [1.165, 1.54) is 23.8 Å². The van der Waals surface area contributed by atoms with Gasteiger partial charge >= 0.3 is 0 Å². The van der Waals surface area contributed by atoms with Crippen LogP contribution in [0.15, 0.2) is 120 Å². The maximum Gasteiger partial charge on any atom is 0.293 e. The zero-order chi connectivity index (χ0) is 43.7. The molecular weight excluding hydrogens is 832 g/mol. The van der Waals surface area contributed by atoms with E-state index in [-0.39, 0.29) is 22.9 Å². The van der Waals surface area contributed by atoms with Crippen molar-refractivity contribution in [2.75, 3.05) is 89.9 Å². The average Bonchev–Trinajstić information content (AvgIpc) is 3.26. The van der Waals surface area contributed by atoms with Gasteiger partial charge in [0.15, 0.2) is 5.06 Å². The molecule has 2 aliphatic heterocycles. The number of hydrogen-bond acceptors (Lipinski definition) is 12. The van der Waals surface area contributed by atoms with E-state index in [4.69, 9.17) is 25.8 Å². The molecule has 1 unspecified atom stereocenters. The van der Waals surface area contributed by atoms with Crippen molar-refractivity contribution in [2.45, 2.75) is 29.2 Å². The fraction of sp³-hybridized carbons (Fsp3) is 0.370. The van der Waals surface area contributed by atoms with Crippen molar-refractivity contribution in [1.82, 2.24) is 14.5 Å². The molecule has 1 aliphatic carbocycles. The molecule has 7 rings (SSSR count). The first-order valence-corrected chi connectivity index (χ1v) is 22.7. The van der Waals surface area contributed by atoms with E-state index in [9.17, 15) is 23.3 Å². The zero-order valence-corrected chi connectivity index (χ0v) is 36.6. The summed E-state index contributed by atoms with van der Waals surface area (Å²) in [6, 6.07) is 27.8. The van der Waals surface area contributed by atoms with E-state index in [1.807, 2.05) is 44.4 Å². The van der Waals surface area contributed by atoms with E-state index < -0.39 is 36.5 Å². The van der Waals surface area contributed by atoms with Gasteiger partial charge in [-0.3, -0.25) is 19.8 Å². The molecule has 328 valence electrons. The normalized spacial score (nSPS) is 18.8. The zero-order valence-electron chi connectivity index (χ0n) is 35.0. The Hall–Kier alpha value is -5.29. The number of sulfonamides is 1. The predicted molar refractivity (Wildman–Crippen MR) is 242 cm³/mol. The summed E-state index contributed by atoms with van der Waals surface area (Å²) in [4.78, 5) is 31.5. The lowest BCUT2D eigenvalue weighted by atomic mass is 9.90. The minimum absolute atomic E-state index is 0.0212. The van der Waals surface area contributed by atoms with Gasteiger partial charge in [-0.1, -0.05) is 66.2 Å². The van der Waals surface area contributed by atoms with Crippen LogP contribution in [0, 0.1) is 16.0 Å². The molecule has 14 nitrogen and oxygen atoms in total. The Morgan fingerprint density at radius 3 is 2.37 bits per heavy atom. The number of nitro benzene ring substituents is 1. The summed E-state index contributed by atoms with van der Waals surface area (Å²) in [6.07, 6.45) is 6.24. The summed E-state index contributed by atoms with van der Waals surface area (Å²) in [5, 5.41) is 14.2. The van der Waals surface area contributed by atoms with Crippen molar-refractivity contribution in [3.63, 3.8) is 0 Å². The third-order valence-electron chi connectivity index (χ3n) is 11.3. The Balaban J connectivity index is 1.06.